The molecule has 1 N–H and O–H groups in total. The molecule has 218 valence electrons. The number of carbonyl (C=O) groups is 4. The standard InChI is InChI=1S/C30H12BBr3Cl4N2O4/c31-19-10-6-12-13(7-11(10)20(32)22(34)21(19)33)29(43)18(28(12)42)15-5-4-9-2-1-3-16(27(9)39-15)40-30(44)17-14(8-41)23(35)25(37)26(38)24(17)36/h1-8,18H,31H2,(H,40,44). The Morgan fingerprint density at radius 2 is 1.48 bits per heavy atom. The smallest absolute Gasteiger partial charge is 0.258 e. The Morgan fingerprint density at radius 3 is 2.14 bits per heavy atom. The van der Waals surface area contributed by atoms with Crippen molar-refractivity contribution >= 4 is 159 Å². The molecule has 1 amide bonds. The van der Waals surface area contributed by atoms with Crippen LogP contribution in [-0.4, -0.2) is 36.6 Å². The summed E-state index contributed by atoms with van der Waals surface area (Å²) in [6.07, 6.45) is 0.362. The third-order valence-electron chi connectivity index (χ3n) is 7.50. The Balaban J connectivity index is 1.43. The van der Waals surface area contributed by atoms with Gasteiger partial charge in [0.05, 0.1) is 42.6 Å². The monoisotopic (exact) mass is 852 g/mol. The van der Waals surface area contributed by atoms with E-state index in [-0.39, 0.29) is 54.2 Å². The van der Waals surface area contributed by atoms with E-state index in [0.29, 0.717) is 28.3 Å². The Morgan fingerprint density at radius 1 is 0.841 bits per heavy atom. The van der Waals surface area contributed by atoms with Gasteiger partial charge in [0.1, 0.15) is 13.8 Å². The van der Waals surface area contributed by atoms with E-state index in [2.05, 4.69) is 58.1 Å². The molecule has 1 atom stereocenters. The average molecular weight is 857 g/mol. The summed E-state index contributed by atoms with van der Waals surface area (Å²) >= 11 is 35.4. The first-order valence-electron chi connectivity index (χ1n) is 12.6. The number of benzene rings is 4. The fraction of sp³-hybridized carbons (Fsp3) is 0.0333. The molecule has 0 fully saturated rings. The molecule has 5 aromatic rings. The van der Waals surface area contributed by atoms with Crippen LogP contribution in [0, 0.1) is 0 Å². The molecule has 0 saturated carbocycles. The van der Waals surface area contributed by atoms with Gasteiger partial charge in [-0.25, -0.2) is 4.98 Å². The number of aromatic nitrogens is 1. The number of nitrogens with zero attached hydrogens (tertiary/aromatic N) is 1. The third-order valence-corrected chi connectivity index (χ3v) is 13.0. The van der Waals surface area contributed by atoms with E-state index in [9.17, 15) is 19.2 Å². The summed E-state index contributed by atoms with van der Waals surface area (Å²) in [4.78, 5) is 57.4. The van der Waals surface area contributed by atoms with Crippen LogP contribution in [0.25, 0.3) is 21.7 Å². The van der Waals surface area contributed by atoms with Crippen molar-refractivity contribution in [2.75, 3.05) is 5.32 Å². The van der Waals surface area contributed by atoms with Crippen LogP contribution in [0.3, 0.4) is 0 Å². The van der Waals surface area contributed by atoms with Gasteiger partial charge in [-0.2, -0.15) is 0 Å². The second kappa shape index (κ2) is 11.8. The number of Topliss-reactive ketones (excluding diaryl/α,β-unsaturated/α-hetero) is 2. The average Bonchev–Trinajstić information content (AvgIpc) is 3.26. The van der Waals surface area contributed by atoms with Gasteiger partial charge in [0.2, 0.25) is 0 Å². The SMILES string of the molecule is Bc1c(Br)c(Br)c(Br)c2cc3c(cc12)C(=O)C(c1ccc2cccc(NC(=O)c4c(Cl)c(Cl)c(Cl)c(Cl)c4C=O)c2n1)C3=O. The first-order valence-corrected chi connectivity index (χ1v) is 16.5. The number of halogens is 7. The molecule has 6 rings (SSSR count). The number of hydrogen-bond donors (Lipinski definition) is 1. The van der Waals surface area contributed by atoms with Crippen LogP contribution in [0.5, 0.6) is 0 Å². The van der Waals surface area contributed by atoms with Crippen LogP contribution in [-0.2, 0) is 0 Å². The van der Waals surface area contributed by atoms with Crippen LogP contribution in [0.1, 0.15) is 53.0 Å². The van der Waals surface area contributed by atoms with E-state index >= 15 is 0 Å². The highest BCUT2D eigenvalue weighted by atomic mass is 79.9. The second-order valence-electron chi connectivity index (χ2n) is 9.90. The number of pyridine rings is 1. The molecule has 1 unspecified atom stereocenters. The minimum Gasteiger partial charge on any atom is -0.320 e. The van der Waals surface area contributed by atoms with Gasteiger partial charge in [0, 0.05) is 35.5 Å². The molecule has 6 nitrogen and oxygen atoms in total. The zero-order valence-corrected chi connectivity index (χ0v) is 29.7. The largest absolute Gasteiger partial charge is 0.320 e. The number of rotatable bonds is 4. The highest BCUT2D eigenvalue weighted by Gasteiger charge is 2.41. The van der Waals surface area contributed by atoms with Gasteiger partial charge < -0.3 is 5.32 Å². The van der Waals surface area contributed by atoms with Crippen molar-refractivity contribution in [1.29, 1.82) is 0 Å². The molecule has 0 saturated heterocycles. The Bertz CT molecular complexity index is 2130. The predicted molar refractivity (Wildman–Crippen MR) is 188 cm³/mol. The van der Waals surface area contributed by atoms with Gasteiger partial charge in [-0.15, -0.1) is 0 Å². The van der Waals surface area contributed by atoms with Crippen LogP contribution in [0.15, 0.2) is 55.9 Å². The number of nitrogens with one attached hydrogen (secondary N) is 1. The van der Waals surface area contributed by atoms with Crippen molar-refractivity contribution in [3.63, 3.8) is 0 Å². The van der Waals surface area contributed by atoms with E-state index in [1.165, 1.54) is 0 Å². The zero-order chi connectivity index (χ0) is 31.8. The molecule has 44 heavy (non-hydrogen) atoms. The number of aldehydes is 1. The number of para-hydroxylation sites is 1. The van der Waals surface area contributed by atoms with E-state index in [1.807, 2.05) is 7.85 Å². The van der Waals surface area contributed by atoms with Gasteiger partial charge in [-0.3, -0.25) is 19.2 Å². The summed E-state index contributed by atoms with van der Waals surface area (Å²) in [6, 6.07) is 11.8. The number of carbonyl (C=O) groups excluding carboxylic acids is 4. The van der Waals surface area contributed by atoms with E-state index in [4.69, 9.17) is 46.4 Å². The molecule has 0 aliphatic heterocycles. The lowest BCUT2D eigenvalue weighted by molar-refractivity contribution is 0.0887. The van der Waals surface area contributed by atoms with Crippen LogP contribution < -0.4 is 10.8 Å². The summed E-state index contributed by atoms with van der Waals surface area (Å²) in [6.45, 7) is 0. The van der Waals surface area contributed by atoms with Gasteiger partial charge in [0.15, 0.2) is 17.9 Å². The topological polar surface area (TPSA) is 93.2 Å². The maximum absolute atomic E-state index is 13.7. The van der Waals surface area contributed by atoms with Crippen LogP contribution >= 0.6 is 94.2 Å². The lowest BCUT2D eigenvalue weighted by atomic mass is 9.88. The lowest BCUT2D eigenvalue weighted by Crippen LogP contribution is -2.17. The lowest BCUT2D eigenvalue weighted by Gasteiger charge is -2.15. The summed E-state index contributed by atoms with van der Waals surface area (Å²) < 4.78 is 2.38. The highest BCUT2D eigenvalue weighted by molar-refractivity contribution is 9.14. The van der Waals surface area contributed by atoms with Gasteiger partial charge in [-0.1, -0.05) is 86.0 Å². The molecule has 4 aromatic carbocycles. The van der Waals surface area contributed by atoms with E-state index in [0.717, 1.165) is 29.7 Å². The van der Waals surface area contributed by atoms with Gasteiger partial charge in [0.25, 0.3) is 5.91 Å². The number of hydrogen-bond acceptors (Lipinski definition) is 5. The molecule has 14 heteroatoms. The van der Waals surface area contributed by atoms with E-state index < -0.39 is 11.8 Å². The predicted octanol–water partition coefficient (Wildman–Crippen LogP) is 8.78. The molecular weight excluding hydrogens is 845 g/mol. The molecule has 0 spiro atoms. The second-order valence-corrected chi connectivity index (χ2v) is 13.8. The number of anilines is 1. The molecule has 1 aromatic heterocycles. The summed E-state index contributed by atoms with van der Waals surface area (Å²) in [5, 5.41) is 4.13. The molecule has 1 aliphatic carbocycles. The minimum absolute atomic E-state index is 0.156. The fourth-order valence-corrected chi connectivity index (χ4v) is 8.00. The maximum Gasteiger partial charge on any atom is 0.258 e. The number of amides is 1. The molecule has 0 bridgehead atoms. The Kier molecular flexibility index (Phi) is 8.50. The molecule has 1 heterocycles. The first-order chi connectivity index (χ1) is 20.9. The fourth-order valence-electron chi connectivity index (χ4n) is 5.29. The van der Waals surface area contributed by atoms with Crippen molar-refractivity contribution in [3.05, 3.63) is 104 Å². The Labute approximate surface area is 295 Å². The number of ketones is 2. The van der Waals surface area contributed by atoms with Crippen molar-refractivity contribution in [1.82, 2.24) is 4.98 Å². The third kappa shape index (κ3) is 4.85. The maximum atomic E-state index is 13.7. The minimum atomic E-state index is -1.18. The van der Waals surface area contributed by atoms with Crippen LogP contribution in [0.4, 0.5) is 5.69 Å². The molecule has 1 aliphatic rings. The Hall–Kier alpha value is -2.31. The number of fused-ring (bicyclic) bond motifs is 3. The van der Waals surface area contributed by atoms with Gasteiger partial charge >= 0.3 is 0 Å². The van der Waals surface area contributed by atoms with E-state index in [1.54, 1.807) is 42.5 Å². The zero-order valence-electron chi connectivity index (χ0n) is 21.9. The summed E-state index contributed by atoms with van der Waals surface area (Å²) in [7, 11) is 1.92. The van der Waals surface area contributed by atoms with Crippen molar-refractivity contribution in [3.8, 4) is 0 Å². The first kappa shape index (κ1) is 31.7. The van der Waals surface area contributed by atoms with Crippen molar-refractivity contribution in [2.45, 2.75) is 5.92 Å². The summed E-state index contributed by atoms with van der Waals surface area (Å²) in [5.74, 6) is -2.71. The van der Waals surface area contributed by atoms with Gasteiger partial charge in [-0.05, 0) is 66.9 Å². The molecular formula is C30H12BBr3Cl4N2O4. The highest BCUT2D eigenvalue weighted by Crippen LogP contribution is 2.43. The van der Waals surface area contributed by atoms with Crippen LogP contribution in [0.2, 0.25) is 20.1 Å². The quantitative estimate of drug-likeness (QED) is 0.0642. The van der Waals surface area contributed by atoms with Crippen molar-refractivity contribution in [2.24, 2.45) is 0 Å². The normalized spacial score (nSPS) is 14.4. The molecule has 0 radical (unpaired) electrons. The summed E-state index contributed by atoms with van der Waals surface area (Å²) in [5.41, 5.74) is 1.79. The van der Waals surface area contributed by atoms with Crippen molar-refractivity contribution < 1.29 is 19.2 Å².